The molecule has 140 valence electrons. The van der Waals surface area contributed by atoms with Crippen molar-refractivity contribution in [3.63, 3.8) is 0 Å². The molecule has 0 spiro atoms. The van der Waals surface area contributed by atoms with Crippen LogP contribution in [0.3, 0.4) is 0 Å². The molecule has 2 amide bonds. The number of carbonyl (C=O) groups is 2. The maximum atomic E-state index is 12.5. The van der Waals surface area contributed by atoms with Gasteiger partial charge in [0, 0.05) is 37.2 Å². The van der Waals surface area contributed by atoms with Gasteiger partial charge in [0.2, 0.25) is 5.91 Å². The summed E-state index contributed by atoms with van der Waals surface area (Å²) in [6, 6.07) is 7.22. The predicted octanol–water partition coefficient (Wildman–Crippen LogP) is 1.97. The fourth-order valence-corrected chi connectivity index (χ4v) is 2.85. The van der Waals surface area contributed by atoms with Crippen molar-refractivity contribution in [2.24, 2.45) is 5.73 Å². The Hall–Kier alpha value is -1.79. The molecule has 2 rings (SSSR count). The smallest absolute Gasteiger partial charge is 0.253 e. The summed E-state index contributed by atoms with van der Waals surface area (Å²) >= 11 is 0. The Balaban J connectivity index is 0.00000312. The average Bonchev–Trinajstić information content (AvgIpc) is 2.55. The molecule has 3 N–H and O–H groups in total. The average molecular weight is 370 g/mol. The first-order valence-electron chi connectivity index (χ1n) is 8.56. The van der Waals surface area contributed by atoms with Crippen LogP contribution in [0.15, 0.2) is 24.3 Å². The predicted molar refractivity (Wildman–Crippen MR) is 100 cm³/mol. The summed E-state index contributed by atoms with van der Waals surface area (Å²) < 4.78 is 5.39. The Morgan fingerprint density at radius 3 is 2.40 bits per heavy atom. The minimum Gasteiger partial charge on any atom is -0.494 e. The number of hydrogen-bond donors (Lipinski definition) is 2. The second-order valence-corrected chi connectivity index (χ2v) is 6.27. The summed E-state index contributed by atoms with van der Waals surface area (Å²) in [4.78, 5) is 26.1. The molecular weight excluding hydrogens is 342 g/mol. The lowest BCUT2D eigenvalue weighted by molar-refractivity contribution is -0.122. The van der Waals surface area contributed by atoms with Gasteiger partial charge in [0.25, 0.3) is 5.91 Å². The van der Waals surface area contributed by atoms with Crippen molar-refractivity contribution in [3.8, 4) is 5.75 Å². The molecule has 1 aliphatic heterocycles. The molecule has 1 fully saturated rings. The largest absolute Gasteiger partial charge is 0.494 e. The summed E-state index contributed by atoms with van der Waals surface area (Å²) in [6.07, 6.45) is 1.88. The number of halogens is 1. The molecule has 1 unspecified atom stereocenters. The number of benzene rings is 1. The number of hydrogen-bond acceptors (Lipinski definition) is 4. The van der Waals surface area contributed by atoms with Crippen LogP contribution < -0.4 is 15.8 Å². The van der Waals surface area contributed by atoms with Crippen LogP contribution in [0.5, 0.6) is 5.75 Å². The summed E-state index contributed by atoms with van der Waals surface area (Å²) in [5, 5.41) is 3.00. The van der Waals surface area contributed by atoms with Crippen molar-refractivity contribution in [1.82, 2.24) is 10.2 Å². The van der Waals surface area contributed by atoms with Gasteiger partial charge in [-0.2, -0.15) is 0 Å². The third-order valence-corrected chi connectivity index (χ3v) is 4.07. The van der Waals surface area contributed by atoms with Gasteiger partial charge in [0.1, 0.15) is 5.75 Å². The van der Waals surface area contributed by atoms with Crippen LogP contribution in [0.2, 0.25) is 0 Å². The number of nitrogens with zero attached hydrogens (tertiary/aromatic N) is 1. The van der Waals surface area contributed by atoms with Crippen LogP contribution >= 0.6 is 12.4 Å². The van der Waals surface area contributed by atoms with Gasteiger partial charge in [0.05, 0.1) is 6.61 Å². The van der Waals surface area contributed by atoms with Gasteiger partial charge in [-0.05, 0) is 51.0 Å². The van der Waals surface area contributed by atoms with Crippen LogP contribution in [0.4, 0.5) is 0 Å². The molecule has 1 saturated heterocycles. The molecule has 1 heterocycles. The number of ether oxygens (including phenoxy) is 1. The number of nitrogens with one attached hydrogen (secondary N) is 1. The Morgan fingerprint density at radius 2 is 1.88 bits per heavy atom. The molecule has 7 heteroatoms. The van der Waals surface area contributed by atoms with Crippen molar-refractivity contribution in [1.29, 1.82) is 0 Å². The van der Waals surface area contributed by atoms with E-state index in [1.165, 1.54) is 0 Å². The molecule has 1 aliphatic rings. The van der Waals surface area contributed by atoms with E-state index in [1.807, 2.05) is 30.9 Å². The van der Waals surface area contributed by atoms with E-state index in [0.29, 0.717) is 31.7 Å². The van der Waals surface area contributed by atoms with Crippen LogP contribution in [-0.2, 0) is 4.79 Å². The van der Waals surface area contributed by atoms with Crippen molar-refractivity contribution >= 4 is 24.2 Å². The van der Waals surface area contributed by atoms with Gasteiger partial charge in [-0.25, -0.2) is 0 Å². The monoisotopic (exact) mass is 369 g/mol. The van der Waals surface area contributed by atoms with E-state index < -0.39 is 0 Å². The quantitative estimate of drug-likeness (QED) is 0.802. The van der Waals surface area contributed by atoms with Gasteiger partial charge >= 0.3 is 0 Å². The SMILES string of the molecule is CCOc1ccc(C(=O)N2CCC(NC(=O)CC(C)N)CC2)cc1.Cl. The molecule has 0 saturated carbocycles. The first kappa shape index (κ1) is 21.3. The maximum absolute atomic E-state index is 12.5. The lowest BCUT2D eigenvalue weighted by Gasteiger charge is -2.32. The van der Waals surface area contributed by atoms with Crippen LogP contribution in [0.25, 0.3) is 0 Å². The number of likely N-dealkylation sites (tertiary alicyclic amines) is 1. The number of piperidine rings is 1. The Bertz CT molecular complexity index is 555. The Kier molecular flexibility index (Phi) is 8.72. The molecule has 0 radical (unpaired) electrons. The van der Waals surface area contributed by atoms with Crippen LogP contribution in [0, 0.1) is 0 Å². The van der Waals surface area contributed by atoms with E-state index in [4.69, 9.17) is 10.5 Å². The van der Waals surface area contributed by atoms with Crippen LogP contribution in [-0.4, -0.2) is 48.5 Å². The molecule has 1 aromatic carbocycles. The minimum atomic E-state index is -0.133. The highest BCUT2D eigenvalue weighted by Crippen LogP contribution is 2.17. The molecular formula is C18H28ClN3O3. The van der Waals surface area contributed by atoms with E-state index >= 15 is 0 Å². The number of nitrogens with two attached hydrogens (primary N) is 1. The summed E-state index contributed by atoms with van der Waals surface area (Å²) in [7, 11) is 0. The maximum Gasteiger partial charge on any atom is 0.253 e. The van der Waals surface area contributed by atoms with Gasteiger partial charge in [-0.3, -0.25) is 9.59 Å². The Morgan fingerprint density at radius 1 is 1.28 bits per heavy atom. The van der Waals surface area contributed by atoms with E-state index in [1.54, 1.807) is 12.1 Å². The molecule has 0 bridgehead atoms. The van der Waals surface area contributed by atoms with Gasteiger partial charge in [-0.1, -0.05) is 0 Å². The molecule has 25 heavy (non-hydrogen) atoms. The zero-order valence-electron chi connectivity index (χ0n) is 14.9. The highest BCUT2D eigenvalue weighted by atomic mass is 35.5. The van der Waals surface area contributed by atoms with E-state index in [0.717, 1.165) is 18.6 Å². The molecule has 1 atom stereocenters. The van der Waals surface area contributed by atoms with Gasteiger partial charge in [0.15, 0.2) is 0 Å². The van der Waals surface area contributed by atoms with E-state index in [-0.39, 0.29) is 36.3 Å². The van der Waals surface area contributed by atoms with Crippen LogP contribution in [0.1, 0.15) is 43.5 Å². The third-order valence-electron chi connectivity index (χ3n) is 4.07. The molecule has 0 aliphatic carbocycles. The van der Waals surface area contributed by atoms with Crippen molar-refractivity contribution < 1.29 is 14.3 Å². The van der Waals surface area contributed by atoms with Gasteiger partial charge in [-0.15, -0.1) is 12.4 Å². The highest BCUT2D eigenvalue weighted by Gasteiger charge is 2.24. The normalized spacial score (nSPS) is 15.9. The topological polar surface area (TPSA) is 84.7 Å². The van der Waals surface area contributed by atoms with Crippen molar-refractivity contribution in [2.75, 3.05) is 19.7 Å². The zero-order chi connectivity index (χ0) is 17.5. The fraction of sp³-hybridized carbons (Fsp3) is 0.556. The molecule has 6 nitrogen and oxygen atoms in total. The number of rotatable bonds is 6. The zero-order valence-corrected chi connectivity index (χ0v) is 15.7. The second-order valence-electron chi connectivity index (χ2n) is 6.27. The summed E-state index contributed by atoms with van der Waals surface area (Å²) in [6.45, 7) is 5.65. The second kappa shape index (κ2) is 10.3. The highest BCUT2D eigenvalue weighted by molar-refractivity contribution is 5.94. The lowest BCUT2D eigenvalue weighted by atomic mass is 10.0. The molecule has 0 aromatic heterocycles. The first-order valence-corrected chi connectivity index (χ1v) is 8.56. The summed E-state index contributed by atoms with van der Waals surface area (Å²) in [5.74, 6) is 0.782. The van der Waals surface area contributed by atoms with E-state index in [2.05, 4.69) is 5.32 Å². The lowest BCUT2D eigenvalue weighted by Crippen LogP contribution is -2.47. The standard InChI is InChI=1S/C18H27N3O3.ClH/c1-3-24-16-6-4-14(5-7-16)18(23)21-10-8-15(9-11-21)20-17(22)12-13(2)19;/h4-7,13,15H,3,8-12,19H2,1-2H3,(H,20,22);1H. The first-order chi connectivity index (χ1) is 11.5. The molecule has 1 aromatic rings. The van der Waals surface area contributed by atoms with Gasteiger partial charge < -0.3 is 20.7 Å². The van der Waals surface area contributed by atoms with Crippen molar-refractivity contribution in [3.05, 3.63) is 29.8 Å². The van der Waals surface area contributed by atoms with Crippen molar-refractivity contribution in [2.45, 2.75) is 45.2 Å². The number of carbonyl (C=O) groups excluding carboxylic acids is 2. The minimum absolute atomic E-state index is 0. The summed E-state index contributed by atoms with van der Waals surface area (Å²) in [5.41, 5.74) is 6.30. The Labute approximate surface area is 155 Å². The van der Waals surface area contributed by atoms with E-state index in [9.17, 15) is 9.59 Å². The fourth-order valence-electron chi connectivity index (χ4n) is 2.85. The number of amides is 2. The third kappa shape index (κ3) is 6.55.